The normalized spacial score (nSPS) is 19.9. The van der Waals surface area contributed by atoms with E-state index in [1.807, 2.05) is 6.92 Å². The van der Waals surface area contributed by atoms with Crippen molar-refractivity contribution in [2.75, 3.05) is 13.2 Å². The molecule has 1 aromatic heterocycles. The van der Waals surface area contributed by atoms with Crippen LogP contribution in [-0.4, -0.2) is 34.1 Å². The van der Waals surface area contributed by atoms with Crippen LogP contribution in [0.15, 0.2) is 0 Å². The van der Waals surface area contributed by atoms with Gasteiger partial charge in [0, 0.05) is 25.3 Å². The summed E-state index contributed by atoms with van der Waals surface area (Å²) >= 11 is 0. The van der Waals surface area contributed by atoms with Crippen molar-refractivity contribution in [3.05, 3.63) is 17.2 Å². The highest BCUT2D eigenvalue weighted by Crippen LogP contribution is 2.25. The number of carbonyl (C=O) groups is 1. The lowest BCUT2D eigenvalue weighted by Crippen LogP contribution is -2.32. The maximum absolute atomic E-state index is 11.9. The Labute approximate surface area is 107 Å². The largest absolute Gasteiger partial charge is 0.396 e. The number of hydrogen-bond donors (Lipinski definition) is 3. The summed E-state index contributed by atoms with van der Waals surface area (Å²) in [6, 6.07) is 0. The number of H-pyrrole nitrogens is 1. The molecule has 1 aromatic rings. The molecular weight excluding hydrogens is 230 g/mol. The first-order valence-corrected chi connectivity index (χ1v) is 6.38. The number of aliphatic hydroxyl groups is 1. The number of imidazole rings is 1. The number of aliphatic hydroxyl groups excluding tert-OH is 1. The minimum atomic E-state index is -0.102. The number of nitrogens with zero attached hydrogens (tertiary/aromatic N) is 1. The molecule has 5 heteroatoms. The lowest BCUT2D eigenvalue weighted by atomic mass is 9.88. The van der Waals surface area contributed by atoms with Crippen molar-refractivity contribution >= 4 is 5.91 Å². The van der Waals surface area contributed by atoms with Crippen LogP contribution < -0.4 is 5.32 Å². The highest BCUT2D eigenvalue weighted by molar-refractivity contribution is 5.93. The Bertz CT molecular complexity index is 451. The number of fused-ring (bicyclic) bond motifs is 1. The summed E-state index contributed by atoms with van der Waals surface area (Å²) < 4.78 is 0. The molecule has 2 heterocycles. The molecule has 1 atom stereocenters. The summed E-state index contributed by atoms with van der Waals surface area (Å²) in [7, 11) is 0. The monoisotopic (exact) mass is 251 g/mol. The smallest absolute Gasteiger partial charge is 0.271 e. The van der Waals surface area contributed by atoms with Gasteiger partial charge < -0.3 is 15.4 Å². The molecule has 18 heavy (non-hydrogen) atoms. The van der Waals surface area contributed by atoms with Gasteiger partial charge in [-0.3, -0.25) is 4.79 Å². The van der Waals surface area contributed by atoms with E-state index in [1.165, 1.54) is 0 Å². The van der Waals surface area contributed by atoms with E-state index >= 15 is 0 Å². The topological polar surface area (TPSA) is 78.0 Å². The highest BCUT2D eigenvalue weighted by Gasteiger charge is 2.29. The molecule has 0 saturated heterocycles. The Morgan fingerprint density at radius 2 is 2.22 bits per heavy atom. The molecular formula is C13H21N3O2. The zero-order valence-corrected chi connectivity index (χ0v) is 11.2. The maximum Gasteiger partial charge on any atom is 0.271 e. The van der Waals surface area contributed by atoms with Crippen LogP contribution in [0.5, 0.6) is 0 Å². The molecule has 100 valence electrons. The predicted molar refractivity (Wildman–Crippen MR) is 68.4 cm³/mol. The van der Waals surface area contributed by atoms with Crippen LogP contribution in [0.25, 0.3) is 0 Å². The lowest BCUT2D eigenvalue weighted by molar-refractivity contribution is 0.0940. The third kappa shape index (κ3) is 2.72. The second-order valence-electron chi connectivity index (χ2n) is 6.03. The van der Waals surface area contributed by atoms with Crippen molar-refractivity contribution in [3.8, 4) is 0 Å². The molecule has 0 aromatic carbocycles. The van der Waals surface area contributed by atoms with Gasteiger partial charge in [-0.25, -0.2) is 4.98 Å². The van der Waals surface area contributed by atoms with Crippen LogP contribution >= 0.6 is 0 Å². The molecule has 0 aliphatic carbocycles. The molecule has 1 aliphatic heterocycles. The molecule has 0 fully saturated rings. The van der Waals surface area contributed by atoms with E-state index in [0.717, 1.165) is 17.9 Å². The fraction of sp³-hybridized carbons (Fsp3) is 0.692. The zero-order chi connectivity index (χ0) is 13.3. The maximum atomic E-state index is 11.9. The summed E-state index contributed by atoms with van der Waals surface area (Å²) in [6.45, 7) is 7.00. The minimum Gasteiger partial charge on any atom is -0.396 e. The second kappa shape index (κ2) is 4.72. The summed E-state index contributed by atoms with van der Waals surface area (Å²) in [5.74, 6) is 0.833. The molecule has 0 spiro atoms. The van der Waals surface area contributed by atoms with E-state index in [4.69, 9.17) is 5.11 Å². The first-order valence-electron chi connectivity index (χ1n) is 6.38. The first kappa shape index (κ1) is 13.1. The van der Waals surface area contributed by atoms with Crippen LogP contribution in [0.4, 0.5) is 0 Å². The summed E-state index contributed by atoms with van der Waals surface area (Å²) in [4.78, 5) is 19.5. The van der Waals surface area contributed by atoms with Gasteiger partial charge in [-0.05, 0) is 17.8 Å². The first-order chi connectivity index (χ1) is 8.41. The van der Waals surface area contributed by atoms with Crippen LogP contribution in [0.1, 0.15) is 42.8 Å². The average Bonchev–Trinajstić information content (AvgIpc) is 2.63. The zero-order valence-electron chi connectivity index (χ0n) is 11.2. The van der Waals surface area contributed by atoms with Crippen molar-refractivity contribution in [2.24, 2.45) is 11.3 Å². The minimum absolute atomic E-state index is 0.0350. The van der Waals surface area contributed by atoms with Gasteiger partial charge in [0.2, 0.25) is 0 Å². The van der Waals surface area contributed by atoms with Gasteiger partial charge in [-0.2, -0.15) is 0 Å². The third-order valence-electron chi connectivity index (χ3n) is 3.28. The number of rotatable bonds is 3. The lowest BCUT2D eigenvalue weighted by Gasteiger charge is -2.21. The number of hydrogen-bond acceptors (Lipinski definition) is 3. The Kier molecular flexibility index (Phi) is 3.43. The molecule has 3 N–H and O–H groups in total. The number of nitrogens with one attached hydrogen (secondary N) is 2. The molecule has 0 saturated carbocycles. The fourth-order valence-corrected chi connectivity index (χ4v) is 2.22. The van der Waals surface area contributed by atoms with Crippen molar-refractivity contribution in [1.29, 1.82) is 0 Å². The Morgan fingerprint density at radius 1 is 1.50 bits per heavy atom. The van der Waals surface area contributed by atoms with Crippen LogP contribution in [-0.2, 0) is 12.8 Å². The molecule has 0 bridgehead atoms. The van der Waals surface area contributed by atoms with E-state index in [-0.39, 0.29) is 23.8 Å². The van der Waals surface area contributed by atoms with Gasteiger partial charge in [-0.1, -0.05) is 20.8 Å². The number of amides is 1. The standard InChI is InChI=1S/C13H21N3O2/c1-8(6-17)4-10-15-9-5-13(2,3)7-14-12(18)11(9)16-10/h8,17H,4-7H2,1-3H3,(H,14,18)(H,15,16)/t8-/m1/s1. The van der Waals surface area contributed by atoms with Crippen LogP contribution in [0.2, 0.25) is 0 Å². The predicted octanol–water partition coefficient (Wildman–Crippen LogP) is 0.893. The van der Waals surface area contributed by atoms with E-state index in [9.17, 15) is 4.79 Å². The van der Waals surface area contributed by atoms with Crippen molar-refractivity contribution in [3.63, 3.8) is 0 Å². The van der Waals surface area contributed by atoms with Gasteiger partial charge in [0.1, 0.15) is 11.5 Å². The number of carbonyl (C=O) groups excluding carboxylic acids is 1. The summed E-state index contributed by atoms with van der Waals surface area (Å²) in [6.07, 6.45) is 1.47. The average molecular weight is 251 g/mol. The fourth-order valence-electron chi connectivity index (χ4n) is 2.22. The van der Waals surface area contributed by atoms with Crippen molar-refractivity contribution < 1.29 is 9.90 Å². The van der Waals surface area contributed by atoms with Gasteiger partial charge in [0.25, 0.3) is 5.91 Å². The van der Waals surface area contributed by atoms with E-state index in [1.54, 1.807) is 0 Å². The van der Waals surface area contributed by atoms with Gasteiger partial charge >= 0.3 is 0 Å². The third-order valence-corrected chi connectivity index (χ3v) is 3.28. The molecule has 0 radical (unpaired) electrons. The van der Waals surface area contributed by atoms with Gasteiger partial charge in [0.05, 0.1) is 0 Å². The molecule has 5 nitrogen and oxygen atoms in total. The number of aromatic nitrogens is 2. The van der Waals surface area contributed by atoms with Crippen LogP contribution in [0, 0.1) is 11.3 Å². The van der Waals surface area contributed by atoms with E-state index < -0.39 is 0 Å². The Balaban J connectivity index is 2.26. The van der Waals surface area contributed by atoms with E-state index in [2.05, 4.69) is 29.1 Å². The Hall–Kier alpha value is -1.36. The molecule has 2 rings (SSSR count). The molecule has 1 aliphatic rings. The van der Waals surface area contributed by atoms with Crippen LogP contribution in [0.3, 0.4) is 0 Å². The molecule has 1 amide bonds. The summed E-state index contributed by atoms with van der Waals surface area (Å²) in [5.41, 5.74) is 1.46. The molecule has 0 unspecified atom stereocenters. The van der Waals surface area contributed by atoms with E-state index in [0.29, 0.717) is 18.7 Å². The van der Waals surface area contributed by atoms with Gasteiger partial charge in [0.15, 0.2) is 0 Å². The Morgan fingerprint density at radius 3 is 2.89 bits per heavy atom. The van der Waals surface area contributed by atoms with Crippen molar-refractivity contribution in [1.82, 2.24) is 15.3 Å². The SMILES string of the molecule is C[C@@H](CO)Cc1nc2c([nH]1)CC(C)(C)CNC2=O. The second-order valence-corrected chi connectivity index (χ2v) is 6.03. The van der Waals surface area contributed by atoms with Gasteiger partial charge in [-0.15, -0.1) is 0 Å². The van der Waals surface area contributed by atoms with Crippen molar-refractivity contribution in [2.45, 2.75) is 33.6 Å². The quantitative estimate of drug-likeness (QED) is 0.746. The number of aromatic amines is 1. The highest BCUT2D eigenvalue weighted by atomic mass is 16.3. The summed E-state index contributed by atoms with van der Waals surface area (Å²) in [5, 5.41) is 12.0.